The van der Waals surface area contributed by atoms with E-state index in [4.69, 9.17) is 4.74 Å². The Kier molecular flexibility index (Phi) is 7.10. The van der Waals surface area contributed by atoms with Crippen molar-refractivity contribution in [1.29, 1.82) is 0 Å². The van der Waals surface area contributed by atoms with Crippen molar-refractivity contribution in [2.24, 2.45) is 0 Å². The molecule has 1 aromatic carbocycles. The predicted octanol–water partition coefficient (Wildman–Crippen LogP) is 4.00. The lowest BCUT2D eigenvalue weighted by Gasteiger charge is -2.15. The maximum atomic E-state index is 13.1. The summed E-state index contributed by atoms with van der Waals surface area (Å²) >= 11 is 0. The normalized spacial score (nSPS) is 10.9. The summed E-state index contributed by atoms with van der Waals surface area (Å²) in [5, 5.41) is 3.08. The van der Waals surface area contributed by atoms with Crippen LogP contribution in [0.5, 0.6) is 5.75 Å². The molecule has 0 saturated heterocycles. The van der Waals surface area contributed by atoms with Crippen LogP contribution >= 0.6 is 0 Å². The second-order valence-electron chi connectivity index (χ2n) is 4.53. The Morgan fingerprint density at radius 3 is 2.67 bits per heavy atom. The maximum Gasteiger partial charge on any atom is 0.419 e. The lowest BCUT2D eigenvalue weighted by atomic mass is 10.1. The van der Waals surface area contributed by atoms with Crippen molar-refractivity contribution in [2.45, 2.75) is 39.4 Å². The molecule has 0 spiro atoms. The van der Waals surface area contributed by atoms with Gasteiger partial charge in [0.2, 0.25) is 0 Å². The average Bonchev–Trinajstić information content (AvgIpc) is 2.44. The highest BCUT2D eigenvalue weighted by atomic mass is 19.4. The highest BCUT2D eigenvalue weighted by Crippen LogP contribution is 2.36. The first-order valence-corrected chi connectivity index (χ1v) is 6.92. The van der Waals surface area contributed by atoms with E-state index in [-0.39, 0.29) is 12.4 Å². The van der Waals surface area contributed by atoms with E-state index >= 15 is 0 Å². The first-order chi connectivity index (χ1) is 9.99. The van der Waals surface area contributed by atoms with Crippen LogP contribution in [0.15, 0.2) is 18.2 Å². The molecule has 116 valence electrons. The first kappa shape index (κ1) is 17.4. The van der Waals surface area contributed by atoms with Crippen LogP contribution in [0.3, 0.4) is 0 Å². The lowest BCUT2D eigenvalue weighted by molar-refractivity contribution is -0.139. The molecule has 0 fully saturated rings. The van der Waals surface area contributed by atoms with Crippen LogP contribution in [-0.4, -0.2) is 13.2 Å². The van der Waals surface area contributed by atoms with E-state index in [2.05, 4.69) is 17.2 Å². The number of benzene rings is 1. The Balaban J connectivity index is 2.83. The van der Waals surface area contributed by atoms with Crippen LogP contribution in [0, 0.1) is 11.8 Å². The zero-order valence-electron chi connectivity index (χ0n) is 12.3. The van der Waals surface area contributed by atoms with Crippen molar-refractivity contribution in [3.63, 3.8) is 0 Å². The lowest BCUT2D eigenvalue weighted by Crippen LogP contribution is -2.15. The number of ether oxygens (including phenoxy) is 1. The predicted molar refractivity (Wildman–Crippen MR) is 77.0 cm³/mol. The molecule has 1 aromatic rings. The fraction of sp³-hybridized carbons (Fsp3) is 0.500. The standard InChI is InChI=1S/C16H20F3NO/c1-3-5-6-10-21-15-8-7-13(12-20-9-4-2)11-14(15)16(17,18)19/h7-8,11,20H,4,6,9-10,12H2,1-2H3. The van der Waals surface area contributed by atoms with Crippen molar-refractivity contribution in [3.05, 3.63) is 29.3 Å². The van der Waals surface area contributed by atoms with Gasteiger partial charge in [0.15, 0.2) is 0 Å². The molecule has 0 aliphatic rings. The molecule has 0 atom stereocenters. The smallest absolute Gasteiger partial charge is 0.419 e. The van der Waals surface area contributed by atoms with Crippen LogP contribution in [0.25, 0.3) is 0 Å². The maximum absolute atomic E-state index is 13.1. The minimum atomic E-state index is -4.42. The van der Waals surface area contributed by atoms with Crippen LogP contribution in [0.1, 0.15) is 37.8 Å². The number of rotatable bonds is 7. The Labute approximate surface area is 123 Å². The minimum Gasteiger partial charge on any atom is -0.492 e. The van der Waals surface area contributed by atoms with Gasteiger partial charge in [-0.15, -0.1) is 11.8 Å². The van der Waals surface area contributed by atoms with Gasteiger partial charge >= 0.3 is 6.18 Å². The second kappa shape index (κ2) is 8.58. The Bertz CT molecular complexity index is 500. The van der Waals surface area contributed by atoms with E-state index in [1.807, 2.05) is 6.92 Å². The first-order valence-electron chi connectivity index (χ1n) is 6.92. The summed E-state index contributed by atoms with van der Waals surface area (Å²) in [6, 6.07) is 4.17. The van der Waals surface area contributed by atoms with E-state index in [0.29, 0.717) is 18.5 Å². The molecule has 5 heteroatoms. The third kappa shape index (κ3) is 6.09. The zero-order valence-corrected chi connectivity index (χ0v) is 12.3. The van der Waals surface area contributed by atoms with Crippen LogP contribution in [-0.2, 0) is 12.7 Å². The molecule has 0 radical (unpaired) electrons. The number of alkyl halides is 3. The van der Waals surface area contributed by atoms with E-state index in [1.165, 1.54) is 6.07 Å². The van der Waals surface area contributed by atoms with E-state index < -0.39 is 11.7 Å². The summed E-state index contributed by atoms with van der Waals surface area (Å²) in [5.41, 5.74) is -0.140. The van der Waals surface area contributed by atoms with Crippen molar-refractivity contribution in [2.75, 3.05) is 13.2 Å². The third-order valence-corrected chi connectivity index (χ3v) is 2.77. The summed E-state index contributed by atoms with van der Waals surface area (Å²) in [5.74, 6) is 5.29. The number of hydrogen-bond donors (Lipinski definition) is 1. The van der Waals surface area contributed by atoms with Gasteiger partial charge < -0.3 is 10.1 Å². The van der Waals surface area contributed by atoms with Gasteiger partial charge in [0.05, 0.1) is 12.2 Å². The zero-order chi connectivity index (χ0) is 15.7. The molecule has 0 heterocycles. The van der Waals surface area contributed by atoms with Crippen molar-refractivity contribution < 1.29 is 17.9 Å². The minimum absolute atomic E-state index is 0.139. The van der Waals surface area contributed by atoms with Crippen LogP contribution in [0.2, 0.25) is 0 Å². The largest absolute Gasteiger partial charge is 0.492 e. The van der Waals surface area contributed by atoms with Gasteiger partial charge in [0, 0.05) is 13.0 Å². The van der Waals surface area contributed by atoms with Gasteiger partial charge in [0.25, 0.3) is 0 Å². The monoisotopic (exact) mass is 299 g/mol. The molecule has 1 N–H and O–H groups in total. The topological polar surface area (TPSA) is 21.3 Å². The summed E-state index contributed by atoms with van der Waals surface area (Å²) in [7, 11) is 0. The Hall–Kier alpha value is -1.67. The fourth-order valence-corrected chi connectivity index (χ4v) is 1.78. The third-order valence-electron chi connectivity index (χ3n) is 2.77. The molecular weight excluding hydrogens is 279 g/mol. The van der Waals surface area contributed by atoms with Crippen molar-refractivity contribution in [1.82, 2.24) is 5.32 Å². The summed E-state index contributed by atoms with van der Waals surface area (Å²) in [6.07, 6.45) is -3.08. The Morgan fingerprint density at radius 1 is 1.29 bits per heavy atom. The van der Waals surface area contributed by atoms with Gasteiger partial charge in [-0.3, -0.25) is 0 Å². The molecule has 21 heavy (non-hydrogen) atoms. The number of nitrogens with one attached hydrogen (secondary N) is 1. The van der Waals surface area contributed by atoms with Crippen molar-refractivity contribution >= 4 is 0 Å². The Morgan fingerprint density at radius 2 is 2.05 bits per heavy atom. The van der Waals surface area contributed by atoms with Crippen LogP contribution < -0.4 is 10.1 Å². The van der Waals surface area contributed by atoms with Crippen molar-refractivity contribution in [3.8, 4) is 17.6 Å². The summed E-state index contributed by atoms with van der Waals surface area (Å²) < 4.78 is 44.4. The van der Waals surface area contributed by atoms with Gasteiger partial charge in [0.1, 0.15) is 5.75 Å². The summed E-state index contributed by atoms with van der Waals surface area (Å²) in [4.78, 5) is 0. The SMILES string of the molecule is CC#CCCOc1ccc(CNCCC)cc1C(F)(F)F. The van der Waals surface area contributed by atoms with Gasteiger partial charge in [-0.05, 0) is 37.6 Å². The molecule has 0 unspecified atom stereocenters. The van der Waals surface area contributed by atoms with E-state index in [9.17, 15) is 13.2 Å². The fourth-order valence-electron chi connectivity index (χ4n) is 1.78. The molecule has 1 rings (SSSR count). The van der Waals surface area contributed by atoms with Gasteiger partial charge in [-0.2, -0.15) is 13.2 Å². The molecule has 2 nitrogen and oxygen atoms in total. The van der Waals surface area contributed by atoms with Gasteiger partial charge in [-0.1, -0.05) is 13.0 Å². The highest BCUT2D eigenvalue weighted by molar-refractivity contribution is 5.39. The van der Waals surface area contributed by atoms with E-state index in [1.54, 1.807) is 13.0 Å². The molecular formula is C16H20F3NO. The highest BCUT2D eigenvalue weighted by Gasteiger charge is 2.34. The molecule has 0 aliphatic heterocycles. The second-order valence-corrected chi connectivity index (χ2v) is 4.53. The van der Waals surface area contributed by atoms with E-state index in [0.717, 1.165) is 19.0 Å². The van der Waals surface area contributed by atoms with Gasteiger partial charge in [-0.25, -0.2) is 0 Å². The molecule has 0 amide bonds. The molecule has 0 aromatic heterocycles. The molecule has 0 aliphatic carbocycles. The van der Waals surface area contributed by atoms with Crippen LogP contribution in [0.4, 0.5) is 13.2 Å². The quantitative estimate of drug-likeness (QED) is 0.607. The number of halogens is 3. The molecule has 0 bridgehead atoms. The summed E-state index contributed by atoms with van der Waals surface area (Å²) in [6.45, 7) is 5.02. The number of hydrogen-bond acceptors (Lipinski definition) is 2. The average molecular weight is 299 g/mol. The molecule has 0 saturated carbocycles.